The monoisotopic (exact) mass is 447 g/mol. The highest BCUT2D eigenvalue weighted by molar-refractivity contribution is 5.83. The third-order valence-electron chi connectivity index (χ3n) is 5.17. The molecule has 31 heavy (non-hydrogen) atoms. The van der Waals surface area contributed by atoms with E-state index in [9.17, 15) is 24.9 Å². The summed E-state index contributed by atoms with van der Waals surface area (Å²) in [5.74, 6) is -0.175. The molecule has 13 nitrogen and oxygen atoms in total. The van der Waals surface area contributed by atoms with Crippen LogP contribution in [0.15, 0.2) is 4.99 Å². The van der Waals surface area contributed by atoms with Gasteiger partial charge in [0.2, 0.25) is 5.91 Å². The lowest BCUT2D eigenvalue weighted by molar-refractivity contribution is -0.125. The summed E-state index contributed by atoms with van der Waals surface area (Å²) in [4.78, 5) is 27.6. The SMILES string of the molecule is NCCCC(N)CC(=O)NC(CNC1=NCC(C(O)(C=O)CN)N1)C(O)C(O)CCO. The maximum atomic E-state index is 12.3. The van der Waals surface area contributed by atoms with E-state index in [4.69, 9.17) is 22.3 Å². The van der Waals surface area contributed by atoms with E-state index < -0.39 is 41.8 Å². The quantitative estimate of drug-likeness (QED) is 0.106. The van der Waals surface area contributed by atoms with Crippen molar-refractivity contribution in [2.45, 2.75) is 61.6 Å². The average Bonchev–Trinajstić information content (AvgIpc) is 3.23. The van der Waals surface area contributed by atoms with E-state index in [1.165, 1.54) is 0 Å². The zero-order chi connectivity index (χ0) is 23.4. The molecule has 1 heterocycles. The lowest BCUT2D eigenvalue weighted by Crippen LogP contribution is -2.59. The van der Waals surface area contributed by atoms with Gasteiger partial charge in [-0.05, 0) is 25.8 Å². The number of nitrogens with two attached hydrogens (primary N) is 3. The van der Waals surface area contributed by atoms with Gasteiger partial charge in [0.05, 0.1) is 24.7 Å². The molecule has 0 saturated carbocycles. The van der Waals surface area contributed by atoms with Crippen LogP contribution >= 0.6 is 0 Å². The predicted molar refractivity (Wildman–Crippen MR) is 114 cm³/mol. The molecule has 0 saturated heterocycles. The second-order valence-electron chi connectivity index (χ2n) is 7.72. The van der Waals surface area contributed by atoms with E-state index in [0.717, 1.165) is 0 Å². The summed E-state index contributed by atoms with van der Waals surface area (Å²) in [7, 11) is 0. The minimum absolute atomic E-state index is 0.0173. The molecule has 0 fully saturated rings. The number of aldehydes is 1. The van der Waals surface area contributed by atoms with Gasteiger partial charge >= 0.3 is 0 Å². The number of carbonyl (C=O) groups excluding carboxylic acids is 2. The van der Waals surface area contributed by atoms with Crippen molar-refractivity contribution in [2.24, 2.45) is 22.2 Å². The molecule has 1 aliphatic heterocycles. The Balaban J connectivity index is 2.71. The number of guanidine groups is 1. The molecule has 0 aromatic carbocycles. The second kappa shape index (κ2) is 13.5. The first-order chi connectivity index (χ1) is 14.7. The summed E-state index contributed by atoms with van der Waals surface area (Å²) < 4.78 is 0. The van der Waals surface area contributed by atoms with E-state index in [0.29, 0.717) is 25.7 Å². The number of rotatable bonds is 15. The fraction of sp³-hybridized carbons (Fsp3) is 0.833. The maximum absolute atomic E-state index is 12.3. The van der Waals surface area contributed by atoms with Crippen molar-refractivity contribution < 1.29 is 30.0 Å². The van der Waals surface area contributed by atoms with Crippen molar-refractivity contribution in [1.29, 1.82) is 0 Å². The first-order valence-corrected chi connectivity index (χ1v) is 10.4. The Morgan fingerprint density at radius 1 is 1.35 bits per heavy atom. The van der Waals surface area contributed by atoms with Gasteiger partial charge in [-0.3, -0.25) is 14.6 Å². The number of carbonyl (C=O) groups is 2. The average molecular weight is 448 g/mol. The van der Waals surface area contributed by atoms with E-state index >= 15 is 0 Å². The van der Waals surface area contributed by atoms with Gasteiger partial charge in [-0.2, -0.15) is 0 Å². The minimum atomic E-state index is -1.78. The van der Waals surface area contributed by atoms with Crippen LogP contribution in [0.5, 0.6) is 0 Å². The third kappa shape index (κ3) is 8.65. The van der Waals surface area contributed by atoms with Crippen LogP contribution in [0.4, 0.5) is 0 Å². The number of hydrogen-bond donors (Lipinski definition) is 10. The van der Waals surface area contributed by atoms with Crippen molar-refractivity contribution in [3.63, 3.8) is 0 Å². The highest BCUT2D eigenvalue weighted by Crippen LogP contribution is 2.11. The normalized spacial score (nSPS) is 21.8. The fourth-order valence-corrected chi connectivity index (χ4v) is 3.12. The van der Waals surface area contributed by atoms with Gasteiger partial charge in [0, 0.05) is 32.2 Å². The Morgan fingerprint density at radius 2 is 2.06 bits per heavy atom. The minimum Gasteiger partial charge on any atom is -0.396 e. The van der Waals surface area contributed by atoms with Crippen molar-refractivity contribution in [3.8, 4) is 0 Å². The maximum Gasteiger partial charge on any atom is 0.221 e. The number of nitrogens with one attached hydrogen (secondary N) is 3. The Labute approximate surface area is 181 Å². The number of hydrogen-bond acceptors (Lipinski definition) is 12. The molecule has 13 heteroatoms. The number of aliphatic hydroxyl groups is 4. The van der Waals surface area contributed by atoms with E-state index in [1.54, 1.807) is 0 Å². The Morgan fingerprint density at radius 3 is 2.65 bits per heavy atom. The first-order valence-electron chi connectivity index (χ1n) is 10.4. The molecule has 0 spiro atoms. The van der Waals surface area contributed by atoms with Gasteiger partial charge in [-0.25, -0.2) is 0 Å². The van der Waals surface area contributed by atoms with Crippen molar-refractivity contribution in [1.82, 2.24) is 16.0 Å². The summed E-state index contributed by atoms with van der Waals surface area (Å²) >= 11 is 0. The summed E-state index contributed by atoms with van der Waals surface area (Å²) in [5, 5.41) is 48.0. The molecule has 0 radical (unpaired) electrons. The predicted octanol–water partition coefficient (Wildman–Crippen LogP) is -5.16. The topological polar surface area (TPSA) is 242 Å². The van der Waals surface area contributed by atoms with Crippen LogP contribution in [0.1, 0.15) is 25.7 Å². The highest BCUT2D eigenvalue weighted by Gasteiger charge is 2.38. The summed E-state index contributed by atoms with van der Waals surface area (Å²) in [6.45, 7) is -0.0965. The Bertz CT molecular complexity index is 596. The van der Waals surface area contributed by atoms with Crippen LogP contribution in [0, 0.1) is 0 Å². The van der Waals surface area contributed by atoms with Crippen LogP contribution in [0.25, 0.3) is 0 Å². The molecule has 13 N–H and O–H groups in total. The standard InChI is InChI=1S/C18H37N7O6/c19-4-1-2-11(21)6-15(29)24-12(16(30)13(28)3-5-26)7-22-17-23-8-14(25-17)18(31,9-20)10-27/h10-14,16,26,28,30-31H,1-9,19-21H2,(H,24,29)(H2,22,23,25). The number of aliphatic imine (C=N–C) groups is 1. The fourth-order valence-electron chi connectivity index (χ4n) is 3.12. The van der Waals surface area contributed by atoms with Crippen LogP contribution in [0.2, 0.25) is 0 Å². The molecule has 1 rings (SSSR count). The molecule has 1 aliphatic rings. The van der Waals surface area contributed by atoms with Crippen LogP contribution < -0.4 is 33.2 Å². The zero-order valence-electron chi connectivity index (χ0n) is 17.6. The highest BCUT2D eigenvalue weighted by atomic mass is 16.3. The molecule has 6 unspecified atom stereocenters. The summed E-state index contributed by atoms with van der Waals surface area (Å²) in [5.41, 5.74) is 15.0. The number of amides is 1. The molecule has 0 bridgehead atoms. The van der Waals surface area contributed by atoms with Gasteiger partial charge in [-0.15, -0.1) is 0 Å². The zero-order valence-corrected chi connectivity index (χ0v) is 17.6. The van der Waals surface area contributed by atoms with Crippen molar-refractivity contribution >= 4 is 18.2 Å². The summed E-state index contributed by atoms with van der Waals surface area (Å²) in [6, 6.07) is -2.05. The molecular weight excluding hydrogens is 410 g/mol. The lowest BCUT2D eigenvalue weighted by atomic mass is 9.97. The molecular formula is C18H37N7O6. The lowest BCUT2D eigenvalue weighted by Gasteiger charge is -2.29. The van der Waals surface area contributed by atoms with Crippen molar-refractivity contribution in [3.05, 3.63) is 0 Å². The molecule has 0 aromatic rings. The Hall–Kier alpha value is -1.87. The molecule has 0 aromatic heterocycles. The smallest absolute Gasteiger partial charge is 0.221 e. The second-order valence-corrected chi connectivity index (χ2v) is 7.72. The summed E-state index contributed by atoms with van der Waals surface area (Å²) in [6.07, 6.45) is -1.10. The van der Waals surface area contributed by atoms with Gasteiger partial charge in [-0.1, -0.05) is 0 Å². The van der Waals surface area contributed by atoms with Crippen LogP contribution in [-0.4, -0.2) is 107 Å². The van der Waals surface area contributed by atoms with Crippen molar-refractivity contribution in [2.75, 3.05) is 32.8 Å². The molecule has 0 aliphatic carbocycles. The number of nitrogens with zero attached hydrogens (tertiary/aromatic N) is 1. The van der Waals surface area contributed by atoms with Crippen LogP contribution in [-0.2, 0) is 9.59 Å². The van der Waals surface area contributed by atoms with Crippen LogP contribution in [0.3, 0.4) is 0 Å². The van der Waals surface area contributed by atoms with E-state index in [1.807, 2.05) is 0 Å². The number of aliphatic hydroxyl groups excluding tert-OH is 3. The molecule has 1 amide bonds. The first kappa shape index (κ1) is 27.2. The Kier molecular flexibility index (Phi) is 11.8. The van der Waals surface area contributed by atoms with E-state index in [-0.39, 0.29) is 45.0 Å². The van der Waals surface area contributed by atoms with Gasteiger partial charge < -0.3 is 53.6 Å². The third-order valence-corrected chi connectivity index (χ3v) is 5.17. The van der Waals surface area contributed by atoms with E-state index in [2.05, 4.69) is 20.9 Å². The van der Waals surface area contributed by atoms with Gasteiger partial charge in [0.1, 0.15) is 6.10 Å². The molecule has 6 atom stereocenters. The van der Waals surface area contributed by atoms with Gasteiger partial charge in [0.25, 0.3) is 0 Å². The largest absolute Gasteiger partial charge is 0.396 e. The van der Waals surface area contributed by atoms with Gasteiger partial charge in [0.15, 0.2) is 17.8 Å². The molecule has 180 valence electrons.